The van der Waals surface area contributed by atoms with Gasteiger partial charge in [-0.3, -0.25) is 0 Å². The van der Waals surface area contributed by atoms with E-state index in [1.807, 2.05) is 0 Å². The van der Waals surface area contributed by atoms with Crippen molar-refractivity contribution in [2.24, 2.45) is 5.92 Å². The summed E-state index contributed by atoms with van der Waals surface area (Å²) in [6.45, 7) is 3.62. The Kier molecular flexibility index (Phi) is 2.09. The summed E-state index contributed by atoms with van der Waals surface area (Å²) < 4.78 is 4.60. The zero-order valence-corrected chi connectivity index (χ0v) is 5.59. The Morgan fingerprint density at radius 3 is 2.78 bits per heavy atom. The minimum Gasteiger partial charge on any atom is -0.454 e. The maximum absolute atomic E-state index is 9.66. The first-order valence-corrected chi connectivity index (χ1v) is 3.39. The van der Waals surface area contributed by atoms with Crippen LogP contribution in [0, 0.1) is 5.92 Å². The van der Waals surface area contributed by atoms with Gasteiger partial charge in [0.25, 0.3) is 0 Å². The fraction of sp³-hybridized carbons (Fsp3) is 0.857. The van der Waals surface area contributed by atoms with Crippen LogP contribution in [0.1, 0.15) is 26.2 Å². The number of hydrogen-bond acceptors (Lipinski definition) is 2. The molecule has 1 radical (unpaired) electrons. The van der Waals surface area contributed by atoms with Crippen LogP contribution in [-0.2, 0) is 9.53 Å². The molecule has 51 valence electrons. The second-order valence-corrected chi connectivity index (χ2v) is 2.57. The maximum Gasteiger partial charge on any atom is 0.417 e. The second-order valence-electron chi connectivity index (χ2n) is 2.57. The molecule has 0 aromatic heterocycles. The van der Waals surface area contributed by atoms with Gasteiger partial charge in [-0.25, -0.2) is 4.79 Å². The van der Waals surface area contributed by atoms with Crippen molar-refractivity contribution in [1.82, 2.24) is 0 Å². The Morgan fingerprint density at radius 2 is 2.33 bits per heavy atom. The molecule has 0 spiro atoms. The van der Waals surface area contributed by atoms with Crippen LogP contribution in [0.4, 0.5) is 0 Å². The van der Waals surface area contributed by atoms with Gasteiger partial charge in [0.05, 0.1) is 0 Å². The van der Waals surface area contributed by atoms with Gasteiger partial charge in [0.1, 0.15) is 6.10 Å². The number of rotatable bonds is 3. The predicted molar refractivity (Wildman–Crippen MR) is 33.6 cm³/mol. The molecule has 0 aromatic carbocycles. The van der Waals surface area contributed by atoms with E-state index in [4.69, 9.17) is 0 Å². The van der Waals surface area contributed by atoms with Gasteiger partial charge in [-0.15, -0.1) is 0 Å². The van der Waals surface area contributed by atoms with Crippen LogP contribution in [0.25, 0.3) is 0 Å². The summed E-state index contributed by atoms with van der Waals surface area (Å²) in [4.78, 5) is 9.66. The molecular formula is C7H11O2. The highest BCUT2D eigenvalue weighted by Crippen LogP contribution is 2.31. The molecule has 0 heterocycles. The molecule has 0 amide bonds. The summed E-state index contributed by atoms with van der Waals surface area (Å²) in [5.74, 6) is 0.795. The van der Waals surface area contributed by atoms with Gasteiger partial charge in [-0.1, -0.05) is 13.3 Å². The zero-order valence-electron chi connectivity index (χ0n) is 5.59. The normalized spacial score (nSPS) is 33.0. The molecule has 0 aromatic rings. The van der Waals surface area contributed by atoms with E-state index in [0.29, 0.717) is 0 Å². The van der Waals surface area contributed by atoms with Gasteiger partial charge >= 0.3 is 6.47 Å². The summed E-state index contributed by atoms with van der Waals surface area (Å²) in [5.41, 5.74) is 0. The first-order chi connectivity index (χ1) is 4.36. The highest BCUT2D eigenvalue weighted by molar-refractivity contribution is 5.38. The lowest BCUT2D eigenvalue weighted by Crippen LogP contribution is -2.30. The molecular weight excluding hydrogens is 116 g/mol. The minimum absolute atomic E-state index is 0.187. The fourth-order valence-electron chi connectivity index (χ4n) is 1.17. The smallest absolute Gasteiger partial charge is 0.417 e. The highest BCUT2D eigenvalue weighted by atomic mass is 16.5. The van der Waals surface area contributed by atoms with Crippen LogP contribution in [0.5, 0.6) is 0 Å². The average Bonchev–Trinajstić information content (AvgIpc) is 1.77. The lowest BCUT2D eigenvalue weighted by atomic mass is 9.81. The number of carbonyl (C=O) groups excluding carboxylic acids is 1. The van der Waals surface area contributed by atoms with E-state index in [-0.39, 0.29) is 6.10 Å². The third-order valence-electron chi connectivity index (χ3n) is 1.98. The summed E-state index contributed by atoms with van der Waals surface area (Å²) in [7, 11) is 0. The first-order valence-electron chi connectivity index (χ1n) is 3.39. The monoisotopic (exact) mass is 127 g/mol. The Bertz CT molecular complexity index is 95.1. The van der Waals surface area contributed by atoms with E-state index in [2.05, 4.69) is 11.7 Å². The molecule has 1 saturated carbocycles. The van der Waals surface area contributed by atoms with E-state index < -0.39 is 0 Å². The largest absolute Gasteiger partial charge is 0.454 e. The lowest BCUT2D eigenvalue weighted by Gasteiger charge is -2.32. The van der Waals surface area contributed by atoms with Gasteiger partial charge in [0.2, 0.25) is 0 Å². The van der Waals surface area contributed by atoms with Crippen molar-refractivity contribution in [3.8, 4) is 0 Å². The van der Waals surface area contributed by atoms with Crippen LogP contribution in [0.2, 0.25) is 0 Å². The number of ether oxygens (including phenoxy) is 1. The van der Waals surface area contributed by atoms with Crippen molar-refractivity contribution in [2.75, 3.05) is 0 Å². The molecule has 1 aliphatic rings. The second kappa shape index (κ2) is 2.85. The van der Waals surface area contributed by atoms with Crippen LogP contribution in [0.15, 0.2) is 0 Å². The Hall–Kier alpha value is -0.530. The topological polar surface area (TPSA) is 26.3 Å². The lowest BCUT2D eigenvalue weighted by molar-refractivity contribution is 0.0496. The SMILES string of the molecule is CCC1CC(O[C]=O)C1. The summed E-state index contributed by atoms with van der Waals surface area (Å²) in [5, 5.41) is 0. The molecule has 0 bridgehead atoms. The van der Waals surface area contributed by atoms with Crippen LogP contribution in [-0.4, -0.2) is 12.6 Å². The predicted octanol–water partition coefficient (Wildman–Crippen LogP) is 1.26. The zero-order chi connectivity index (χ0) is 6.69. The molecule has 9 heavy (non-hydrogen) atoms. The van der Waals surface area contributed by atoms with Crippen molar-refractivity contribution in [3.63, 3.8) is 0 Å². The van der Waals surface area contributed by atoms with Crippen molar-refractivity contribution in [2.45, 2.75) is 32.3 Å². The molecule has 1 aliphatic carbocycles. The molecule has 1 rings (SSSR count). The highest BCUT2D eigenvalue weighted by Gasteiger charge is 2.28. The molecule has 2 nitrogen and oxygen atoms in total. The fourth-order valence-corrected chi connectivity index (χ4v) is 1.17. The average molecular weight is 127 g/mol. The van der Waals surface area contributed by atoms with Gasteiger partial charge in [-0.2, -0.15) is 0 Å². The van der Waals surface area contributed by atoms with Crippen molar-refractivity contribution < 1.29 is 9.53 Å². The van der Waals surface area contributed by atoms with Crippen molar-refractivity contribution in [3.05, 3.63) is 0 Å². The Morgan fingerprint density at radius 1 is 1.67 bits per heavy atom. The van der Waals surface area contributed by atoms with Gasteiger partial charge in [0, 0.05) is 0 Å². The Labute approximate surface area is 55.2 Å². The van der Waals surface area contributed by atoms with Crippen molar-refractivity contribution >= 4 is 6.47 Å². The standard InChI is InChI=1S/C7H11O2/c1-2-6-3-7(4-6)9-5-8/h6-7H,2-4H2,1H3. The van der Waals surface area contributed by atoms with Gasteiger partial charge < -0.3 is 4.74 Å². The third kappa shape index (κ3) is 1.44. The van der Waals surface area contributed by atoms with E-state index in [1.165, 1.54) is 12.9 Å². The van der Waals surface area contributed by atoms with E-state index in [0.717, 1.165) is 18.8 Å². The quantitative estimate of drug-likeness (QED) is 0.570. The summed E-state index contributed by atoms with van der Waals surface area (Å²) >= 11 is 0. The molecule has 0 unspecified atom stereocenters. The minimum atomic E-state index is 0.187. The number of hydrogen-bond donors (Lipinski definition) is 0. The molecule has 0 aliphatic heterocycles. The third-order valence-corrected chi connectivity index (χ3v) is 1.98. The van der Waals surface area contributed by atoms with Gasteiger partial charge in [0.15, 0.2) is 0 Å². The molecule has 0 N–H and O–H groups in total. The molecule has 2 heteroatoms. The summed E-state index contributed by atoms with van der Waals surface area (Å²) in [6, 6.07) is 0. The van der Waals surface area contributed by atoms with Gasteiger partial charge in [-0.05, 0) is 18.8 Å². The van der Waals surface area contributed by atoms with Crippen LogP contribution < -0.4 is 0 Å². The summed E-state index contributed by atoms with van der Waals surface area (Å²) in [6.07, 6.45) is 3.49. The van der Waals surface area contributed by atoms with Crippen LogP contribution >= 0.6 is 0 Å². The van der Waals surface area contributed by atoms with E-state index >= 15 is 0 Å². The molecule has 0 saturated heterocycles. The van der Waals surface area contributed by atoms with E-state index in [1.54, 1.807) is 0 Å². The van der Waals surface area contributed by atoms with E-state index in [9.17, 15) is 4.79 Å². The Balaban J connectivity index is 2.04. The molecule has 1 fully saturated rings. The van der Waals surface area contributed by atoms with Crippen molar-refractivity contribution in [1.29, 1.82) is 0 Å². The molecule has 0 atom stereocenters. The van der Waals surface area contributed by atoms with Crippen LogP contribution in [0.3, 0.4) is 0 Å². The first kappa shape index (κ1) is 6.59. The maximum atomic E-state index is 9.66.